The maximum absolute atomic E-state index is 11.9. The van der Waals surface area contributed by atoms with Gasteiger partial charge in [0.1, 0.15) is 11.6 Å². The Morgan fingerprint density at radius 2 is 1.83 bits per heavy atom. The SMILES string of the molecule is CNC(=O)[C@H](CSCc1ccc(C)cc1)NC(=O)OC(C)(C)C. The molecule has 1 rings (SSSR count). The van der Waals surface area contributed by atoms with E-state index in [4.69, 9.17) is 4.74 Å². The summed E-state index contributed by atoms with van der Waals surface area (Å²) in [5.41, 5.74) is 1.81. The molecular weight excluding hydrogens is 312 g/mol. The minimum Gasteiger partial charge on any atom is -0.444 e. The Kier molecular flexibility index (Phi) is 7.42. The topological polar surface area (TPSA) is 67.4 Å². The summed E-state index contributed by atoms with van der Waals surface area (Å²) in [4.78, 5) is 23.7. The van der Waals surface area contributed by atoms with E-state index < -0.39 is 17.7 Å². The molecule has 0 aromatic heterocycles. The molecule has 1 aromatic rings. The zero-order valence-electron chi connectivity index (χ0n) is 14.4. The zero-order valence-corrected chi connectivity index (χ0v) is 15.3. The molecule has 0 heterocycles. The van der Waals surface area contributed by atoms with E-state index in [-0.39, 0.29) is 5.91 Å². The predicted molar refractivity (Wildman–Crippen MR) is 94.6 cm³/mol. The van der Waals surface area contributed by atoms with Crippen molar-refractivity contribution in [3.8, 4) is 0 Å². The van der Waals surface area contributed by atoms with Crippen LogP contribution < -0.4 is 10.6 Å². The quantitative estimate of drug-likeness (QED) is 0.837. The van der Waals surface area contributed by atoms with Crippen LogP contribution in [-0.2, 0) is 15.3 Å². The Morgan fingerprint density at radius 1 is 1.22 bits per heavy atom. The molecule has 0 bridgehead atoms. The van der Waals surface area contributed by atoms with Crippen molar-refractivity contribution in [3.63, 3.8) is 0 Å². The van der Waals surface area contributed by atoms with Crippen LogP contribution in [0.3, 0.4) is 0 Å². The van der Waals surface area contributed by atoms with Gasteiger partial charge in [0.15, 0.2) is 0 Å². The lowest BCUT2D eigenvalue weighted by Gasteiger charge is -2.22. The second kappa shape index (κ2) is 8.82. The normalized spacial score (nSPS) is 12.4. The van der Waals surface area contributed by atoms with Crippen molar-refractivity contribution < 1.29 is 14.3 Å². The number of hydrogen-bond acceptors (Lipinski definition) is 4. The van der Waals surface area contributed by atoms with E-state index in [1.54, 1.807) is 39.6 Å². The number of aryl methyl sites for hydroxylation is 1. The molecule has 128 valence electrons. The van der Waals surface area contributed by atoms with Crippen LogP contribution in [0.25, 0.3) is 0 Å². The molecule has 0 saturated heterocycles. The van der Waals surface area contributed by atoms with E-state index in [1.165, 1.54) is 11.1 Å². The number of benzene rings is 1. The van der Waals surface area contributed by atoms with Gasteiger partial charge in [-0.3, -0.25) is 4.79 Å². The summed E-state index contributed by atoms with van der Waals surface area (Å²) >= 11 is 1.59. The number of rotatable bonds is 6. The maximum Gasteiger partial charge on any atom is 0.408 e. The average Bonchev–Trinajstić information content (AvgIpc) is 2.45. The third-order valence-corrected chi connectivity index (χ3v) is 4.03. The second-order valence-electron chi connectivity index (χ2n) is 6.31. The lowest BCUT2D eigenvalue weighted by atomic mass is 10.2. The molecule has 5 nitrogen and oxygen atoms in total. The Hall–Kier alpha value is -1.69. The summed E-state index contributed by atoms with van der Waals surface area (Å²) in [5.74, 6) is 1.03. The largest absolute Gasteiger partial charge is 0.444 e. The van der Waals surface area contributed by atoms with E-state index in [9.17, 15) is 9.59 Å². The van der Waals surface area contributed by atoms with Crippen molar-refractivity contribution in [1.29, 1.82) is 0 Å². The Morgan fingerprint density at radius 3 is 2.35 bits per heavy atom. The highest BCUT2D eigenvalue weighted by Crippen LogP contribution is 2.14. The Balaban J connectivity index is 2.52. The summed E-state index contributed by atoms with van der Waals surface area (Å²) in [5, 5.41) is 5.19. The maximum atomic E-state index is 11.9. The number of hydrogen-bond donors (Lipinski definition) is 2. The van der Waals surface area contributed by atoms with Crippen LogP contribution >= 0.6 is 11.8 Å². The number of carbonyl (C=O) groups is 2. The van der Waals surface area contributed by atoms with E-state index in [1.807, 2.05) is 6.92 Å². The smallest absolute Gasteiger partial charge is 0.408 e. The van der Waals surface area contributed by atoms with Gasteiger partial charge in [-0.05, 0) is 33.3 Å². The van der Waals surface area contributed by atoms with Crippen LogP contribution in [0.5, 0.6) is 0 Å². The molecule has 23 heavy (non-hydrogen) atoms. The fourth-order valence-electron chi connectivity index (χ4n) is 1.79. The number of alkyl carbamates (subject to hydrolysis) is 1. The minimum absolute atomic E-state index is 0.229. The van der Waals surface area contributed by atoms with Gasteiger partial charge in [-0.15, -0.1) is 0 Å². The van der Waals surface area contributed by atoms with Crippen molar-refractivity contribution in [2.24, 2.45) is 0 Å². The predicted octanol–water partition coefficient (Wildman–Crippen LogP) is 2.87. The first-order valence-electron chi connectivity index (χ1n) is 7.55. The van der Waals surface area contributed by atoms with E-state index in [2.05, 4.69) is 34.9 Å². The second-order valence-corrected chi connectivity index (χ2v) is 7.34. The molecule has 6 heteroatoms. The van der Waals surface area contributed by atoms with E-state index >= 15 is 0 Å². The molecule has 1 atom stereocenters. The molecule has 0 aliphatic heterocycles. The number of thioether (sulfide) groups is 1. The van der Waals surface area contributed by atoms with Crippen LogP contribution in [-0.4, -0.2) is 36.4 Å². The molecule has 0 spiro atoms. The van der Waals surface area contributed by atoms with Gasteiger partial charge < -0.3 is 15.4 Å². The number of carbonyl (C=O) groups excluding carboxylic acids is 2. The number of nitrogens with one attached hydrogen (secondary N) is 2. The van der Waals surface area contributed by atoms with Gasteiger partial charge in [0.25, 0.3) is 0 Å². The van der Waals surface area contributed by atoms with Crippen LogP contribution in [0.15, 0.2) is 24.3 Å². The van der Waals surface area contributed by atoms with E-state index in [0.717, 1.165) is 5.75 Å². The van der Waals surface area contributed by atoms with Crippen molar-refractivity contribution in [2.45, 2.75) is 45.1 Å². The average molecular weight is 338 g/mol. The van der Waals surface area contributed by atoms with Gasteiger partial charge in [0, 0.05) is 18.6 Å². The molecule has 0 fully saturated rings. The summed E-state index contributed by atoms with van der Waals surface area (Å²) in [6.07, 6.45) is -0.581. The third kappa shape index (κ3) is 7.93. The Bertz CT molecular complexity index is 524. The van der Waals surface area contributed by atoms with Gasteiger partial charge in [-0.1, -0.05) is 29.8 Å². The molecule has 0 aliphatic rings. The molecule has 0 radical (unpaired) electrons. The highest BCUT2D eigenvalue weighted by atomic mass is 32.2. The summed E-state index contributed by atoms with van der Waals surface area (Å²) in [7, 11) is 1.55. The first-order valence-corrected chi connectivity index (χ1v) is 8.71. The van der Waals surface area contributed by atoms with Crippen LogP contribution in [0, 0.1) is 6.92 Å². The van der Waals surface area contributed by atoms with Crippen LogP contribution in [0.4, 0.5) is 4.79 Å². The van der Waals surface area contributed by atoms with Crippen LogP contribution in [0.2, 0.25) is 0 Å². The summed E-state index contributed by atoms with van der Waals surface area (Å²) in [6, 6.07) is 7.64. The van der Waals surface area contributed by atoms with E-state index in [0.29, 0.717) is 5.75 Å². The van der Waals surface area contributed by atoms with Gasteiger partial charge in [-0.2, -0.15) is 11.8 Å². The first kappa shape index (κ1) is 19.4. The van der Waals surface area contributed by atoms with Gasteiger partial charge in [-0.25, -0.2) is 4.79 Å². The fraction of sp³-hybridized carbons (Fsp3) is 0.529. The lowest BCUT2D eigenvalue weighted by molar-refractivity contribution is -0.122. The van der Waals surface area contributed by atoms with Gasteiger partial charge in [0.2, 0.25) is 5.91 Å². The first-order chi connectivity index (χ1) is 10.7. The lowest BCUT2D eigenvalue weighted by Crippen LogP contribution is -2.48. The van der Waals surface area contributed by atoms with Crippen molar-refractivity contribution in [2.75, 3.05) is 12.8 Å². The minimum atomic E-state index is -0.620. The third-order valence-electron chi connectivity index (χ3n) is 2.93. The molecular formula is C17H26N2O3S. The summed E-state index contributed by atoms with van der Waals surface area (Å²) in [6.45, 7) is 7.40. The van der Waals surface area contributed by atoms with Crippen molar-refractivity contribution >= 4 is 23.8 Å². The Labute approximate surface area is 142 Å². The van der Waals surface area contributed by atoms with Gasteiger partial charge >= 0.3 is 6.09 Å². The highest BCUT2D eigenvalue weighted by Gasteiger charge is 2.23. The molecule has 0 aliphatic carbocycles. The van der Waals surface area contributed by atoms with Gasteiger partial charge in [0.05, 0.1) is 0 Å². The number of ether oxygens (including phenoxy) is 1. The fourth-order valence-corrected chi connectivity index (χ4v) is 2.80. The molecule has 2 N–H and O–H groups in total. The monoisotopic (exact) mass is 338 g/mol. The highest BCUT2D eigenvalue weighted by molar-refractivity contribution is 7.98. The zero-order chi connectivity index (χ0) is 17.5. The molecule has 1 aromatic carbocycles. The number of amides is 2. The van der Waals surface area contributed by atoms with Crippen molar-refractivity contribution in [3.05, 3.63) is 35.4 Å². The molecule has 2 amide bonds. The van der Waals surface area contributed by atoms with Crippen molar-refractivity contribution in [1.82, 2.24) is 10.6 Å². The molecule has 0 saturated carbocycles. The number of likely N-dealkylation sites (N-methyl/N-ethyl adjacent to an activating group) is 1. The molecule has 0 unspecified atom stereocenters. The standard InChI is InChI=1S/C17H26N2O3S/c1-12-6-8-13(9-7-12)10-23-11-14(15(20)18-5)19-16(21)22-17(2,3)4/h6-9,14H,10-11H2,1-5H3,(H,18,20)(H,19,21)/t14-/m0/s1. The van der Waals surface area contributed by atoms with Crippen LogP contribution in [0.1, 0.15) is 31.9 Å². The summed E-state index contributed by atoms with van der Waals surface area (Å²) < 4.78 is 5.20.